The quantitative estimate of drug-likeness (QED) is 0.554. The number of halogens is 3. The van der Waals surface area contributed by atoms with Gasteiger partial charge in [-0.25, -0.2) is 14.1 Å². The number of aromatic nitrogens is 1. The third-order valence-electron chi connectivity index (χ3n) is 6.29. The van der Waals surface area contributed by atoms with Crippen molar-refractivity contribution in [1.29, 1.82) is 0 Å². The van der Waals surface area contributed by atoms with Gasteiger partial charge < -0.3 is 9.64 Å². The molecule has 2 unspecified atom stereocenters. The SMILES string of the molecule is Cc1nc(C(F)(F)F)ccc1SN1CC2CC(N(C)C(=O)OCc3ccccc3)CC2C1. The number of carbonyl (C=O) groups excluding carboxylic acids is 1. The highest BCUT2D eigenvalue weighted by Crippen LogP contribution is 2.44. The summed E-state index contributed by atoms with van der Waals surface area (Å²) in [6, 6.07) is 12.3. The van der Waals surface area contributed by atoms with E-state index in [0.29, 0.717) is 17.5 Å². The summed E-state index contributed by atoms with van der Waals surface area (Å²) in [6.07, 6.45) is -2.93. The van der Waals surface area contributed by atoms with Crippen LogP contribution in [0.5, 0.6) is 0 Å². The van der Waals surface area contributed by atoms with E-state index in [4.69, 9.17) is 4.74 Å². The van der Waals surface area contributed by atoms with Crippen molar-refractivity contribution in [3.63, 3.8) is 0 Å². The fourth-order valence-electron chi connectivity index (χ4n) is 4.53. The maximum atomic E-state index is 12.8. The van der Waals surface area contributed by atoms with Crippen LogP contribution in [0.3, 0.4) is 0 Å². The van der Waals surface area contributed by atoms with E-state index in [0.717, 1.165) is 42.5 Å². The Balaban J connectivity index is 1.27. The molecule has 1 aliphatic carbocycles. The van der Waals surface area contributed by atoms with Gasteiger partial charge in [0.1, 0.15) is 12.3 Å². The predicted octanol–water partition coefficient (Wildman–Crippen LogP) is 5.39. The molecule has 32 heavy (non-hydrogen) atoms. The van der Waals surface area contributed by atoms with Crippen LogP contribution in [-0.4, -0.2) is 46.5 Å². The molecule has 2 atom stereocenters. The maximum absolute atomic E-state index is 12.8. The van der Waals surface area contributed by atoms with Gasteiger partial charge in [-0.3, -0.25) is 0 Å². The van der Waals surface area contributed by atoms with Gasteiger partial charge in [0.15, 0.2) is 0 Å². The van der Waals surface area contributed by atoms with Gasteiger partial charge in [-0.2, -0.15) is 13.2 Å². The zero-order chi connectivity index (χ0) is 22.9. The summed E-state index contributed by atoms with van der Waals surface area (Å²) in [6.45, 7) is 3.56. The van der Waals surface area contributed by atoms with Crippen molar-refractivity contribution in [2.24, 2.45) is 11.8 Å². The molecule has 1 amide bonds. The van der Waals surface area contributed by atoms with Gasteiger partial charge in [-0.1, -0.05) is 30.3 Å². The summed E-state index contributed by atoms with van der Waals surface area (Å²) in [5.74, 6) is 0.916. The predicted molar refractivity (Wildman–Crippen MR) is 116 cm³/mol. The Kier molecular flexibility index (Phi) is 6.67. The van der Waals surface area contributed by atoms with E-state index in [1.54, 1.807) is 18.9 Å². The first-order chi connectivity index (χ1) is 15.2. The van der Waals surface area contributed by atoms with Crippen LogP contribution in [0.1, 0.15) is 29.8 Å². The summed E-state index contributed by atoms with van der Waals surface area (Å²) < 4.78 is 46.2. The second-order valence-corrected chi connectivity index (χ2v) is 9.65. The Bertz CT molecular complexity index is 943. The Morgan fingerprint density at radius 1 is 1.16 bits per heavy atom. The van der Waals surface area contributed by atoms with E-state index < -0.39 is 11.9 Å². The lowest BCUT2D eigenvalue weighted by molar-refractivity contribution is -0.141. The number of alkyl halides is 3. The van der Waals surface area contributed by atoms with Crippen LogP contribution in [0.15, 0.2) is 47.4 Å². The van der Waals surface area contributed by atoms with Crippen molar-refractivity contribution in [2.45, 2.75) is 43.5 Å². The Hall–Kier alpha value is -2.26. The van der Waals surface area contributed by atoms with Gasteiger partial charge in [-0.05, 0) is 61.2 Å². The number of rotatable bonds is 5. The topological polar surface area (TPSA) is 45.7 Å². The van der Waals surface area contributed by atoms with Crippen molar-refractivity contribution in [3.8, 4) is 0 Å². The number of hydrogen-bond acceptors (Lipinski definition) is 5. The van der Waals surface area contributed by atoms with Crippen LogP contribution in [-0.2, 0) is 17.5 Å². The Labute approximate surface area is 190 Å². The van der Waals surface area contributed by atoms with E-state index in [-0.39, 0.29) is 18.7 Å². The number of aryl methyl sites for hydroxylation is 1. The molecule has 1 aromatic heterocycles. The number of benzene rings is 1. The molecular formula is C23H26F3N3O2S. The third kappa shape index (κ3) is 5.20. The largest absolute Gasteiger partial charge is 0.445 e. The molecule has 1 aromatic carbocycles. The number of fused-ring (bicyclic) bond motifs is 1. The number of hydrogen-bond donors (Lipinski definition) is 0. The zero-order valence-corrected chi connectivity index (χ0v) is 18.8. The number of carbonyl (C=O) groups is 1. The lowest BCUT2D eigenvalue weighted by atomic mass is 10.0. The van der Waals surface area contributed by atoms with E-state index >= 15 is 0 Å². The average molecular weight is 466 g/mol. The second-order valence-electron chi connectivity index (χ2n) is 8.51. The first kappa shape index (κ1) is 22.9. The molecule has 2 aromatic rings. The van der Waals surface area contributed by atoms with Crippen molar-refractivity contribution < 1.29 is 22.7 Å². The summed E-state index contributed by atoms with van der Waals surface area (Å²) in [7, 11) is 1.79. The van der Waals surface area contributed by atoms with Crippen molar-refractivity contribution >= 4 is 18.0 Å². The monoisotopic (exact) mass is 465 g/mol. The minimum Gasteiger partial charge on any atom is -0.445 e. The van der Waals surface area contributed by atoms with Crippen molar-refractivity contribution in [1.82, 2.24) is 14.2 Å². The molecule has 2 fully saturated rings. The molecule has 1 saturated carbocycles. The standard InChI is InChI=1S/C23H26F3N3O2S/c1-15-20(8-9-21(27-15)23(24,25)26)32-29-12-17-10-19(11-18(17)13-29)28(2)22(30)31-14-16-6-4-3-5-7-16/h3-9,17-19H,10-14H2,1-2H3. The lowest BCUT2D eigenvalue weighted by Gasteiger charge is -2.26. The van der Waals surface area contributed by atoms with Gasteiger partial charge in [0, 0.05) is 31.1 Å². The van der Waals surface area contributed by atoms with E-state index in [1.165, 1.54) is 18.0 Å². The first-order valence-electron chi connectivity index (χ1n) is 10.6. The van der Waals surface area contributed by atoms with Gasteiger partial charge in [0.2, 0.25) is 0 Å². The zero-order valence-electron chi connectivity index (χ0n) is 18.0. The maximum Gasteiger partial charge on any atom is 0.433 e. The molecule has 4 rings (SSSR count). The fourth-order valence-corrected chi connectivity index (χ4v) is 5.64. The molecule has 1 saturated heterocycles. The molecule has 0 bridgehead atoms. The van der Waals surface area contributed by atoms with Crippen LogP contribution >= 0.6 is 11.9 Å². The molecule has 0 N–H and O–H groups in total. The third-order valence-corrected chi connectivity index (χ3v) is 7.47. The first-order valence-corrected chi connectivity index (χ1v) is 11.4. The molecule has 1 aliphatic heterocycles. The van der Waals surface area contributed by atoms with Gasteiger partial charge in [0.05, 0.1) is 5.69 Å². The van der Waals surface area contributed by atoms with E-state index in [1.807, 2.05) is 30.3 Å². The molecule has 0 spiro atoms. The fraction of sp³-hybridized carbons (Fsp3) is 0.478. The highest BCUT2D eigenvalue weighted by Gasteiger charge is 2.43. The number of ether oxygens (including phenoxy) is 1. The minimum absolute atomic E-state index is 0.148. The Morgan fingerprint density at radius 2 is 1.81 bits per heavy atom. The Morgan fingerprint density at radius 3 is 2.41 bits per heavy atom. The molecule has 172 valence electrons. The van der Waals surface area contributed by atoms with Crippen LogP contribution in [0, 0.1) is 18.8 Å². The average Bonchev–Trinajstić information content (AvgIpc) is 3.31. The number of pyridine rings is 1. The van der Waals surface area contributed by atoms with Crippen LogP contribution in [0.25, 0.3) is 0 Å². The molecule has 2 heterocycles. The highest BCUT2D eigenvalue weighted by atomic mass is 32.2. The van der Waals surface area contributed by atoms with Gasteiger partial charge in [0.25, 0.3) is 0 Å². The van der Waals surface area contributed by atoms with Crippen LogP contribution in [0.2, 0.25) is 0 Å². The summed E-state index contributed by atoms with van der Waals surface area (Å²) >= 11 is 1.47. The van der Waals surface area contributed by atoms with Crippen LogP contribution < -0.4 is 0 Å². The lowest BCUT2D eigenvalue weighted by Crippen LogP contribution is -2.36. The minimum atomic E-state index is -4.43. The smallest absolute Gasteiger partial charge is 0.433 e. The molecule has 5 nitrogen and oxygen atoms in total. The summed E-state index contributed by atoms with van der Waals surface area (Å²) in [5, 5.41) is 0. The number of nitrogens with zero attached hydrogens (tertiary/aromatic N) is 3. The second kappa shape index (κ2) is 9.31. The van der Waals surface area contributed by atoms with Gasteiger partial charge in [-0.15, -0.1) is 0 Å². The number of amides is 1. The molecule has 0 radical (unpaired) electrons. The summed E-state index contributed by atoms with van der Waals surface area (Å²) in [5.41, 5.74) is 0.488. The van der Waals surface area contributed by atoms with Crippen molar-refractivity contribution in [3.05, 3.63) is 59.4 Å². The van der Waals surface area contributed by atoms with E-state index in [2.05, 4.69) is 9.29 Å². The van der Waals surface area contributed by atoms with E-state index in [9.17, 15) is 18.0 Å². The normalized spacial score (nSPS) is 23.2. The van der Waals surface area contributed by atoms with Crippen LogP contribution in [0.4, 0.5) is 18.0 Å². The van der Waals surface area contributed by atoms with Gasteiger partial charge >= 0.3 is 12.3 Å². The molecular weight excluding hydrogens is 439 g/mol. The molecule has 2 aliphatic rings. The summed E-state index contributed by atoms with van der Waals surface area (Å²) in [4.78, 5) is 18.6. The van der Waals surface area contributed by atoms with Crippen molar-refractivity contribution in [2.75, 3.05) is 20.1 Å². The highest BCUT2D eigenvalue weighted by molar-refractivity contribution is 7.97. The molecule has 9 heteroatoms.